The van der Waals surface area contributed by atoms with Crippen LogP contribution >= 0.6 is 10.5 Å². The van der Waals surface area contributed by atoms with Crippen LogP contribution in [0.2, 0.25) is 0 Å². The lowest BCUT2D eigenvalue weighted by Crippen LogP contribution is -2.48. The number of allylic oxidation sites excluding steroid dienone is 1. The normalized spacial score (nSPS) is 21.5. The van der Waals surface area contributed by atoms with Crippen molar-refractivity contribution in [3.05, 3.63) is 11.7 Å². The zero-order chi connectivity index (χ0) is 14.1. The Kier molecular flexibility index (Phi) is 4.46. The molecule has 0 saturated heterocycles. The fraction of sp³-hybridized carbons (Fsp3) is 0.667. The van der Waals surface area contributed by atoms with Crippen molar-refractivity contribution >= 4 is 28.6 Å². The topological polar surface area (TPSA) is 49.8 Å². The lowest BCUT2D eigenvalue weighted by atomic mass is 9.83. The zero-order valence-electron chi connectivity index (χ0n) is 11.9. The molecule has 1 N–H and O–H groups in total. The van der Waals surface area contributed by atoms with Crippen LogP contribution in [0.15, 0.2) is 11.7 Å². The number of aliphatic hydroxyl groups is 1. The molecule has 0 spiro atoms. The van der Waals surface area contributed by atoms with Gasteiger partial charge in [-0.1, -0.05) is 0 Å². The molecule has 0 aliphatic carbocycles. The van der Waals surface area contributed by atoms with Crippen molar-refractivity contribution in [1.82, 2.24) is 4.90 Å². The van der Waals surface area contributed by atoms with Crippen molar-refractivity contribution in [2.75, 3.05) is 13.3 Å². The van der Waals surface area contributed by atoms with Gasteiger partial charge in [0, 0.05) is 13.2 Å². The predicted octanol–water partition coefficient (Wildman–Crippen LogP) is 1.78. The Bertz CT molecular complexity index is 410. The third kappa shape index (κ3) is 3.46. The van der Waals surface area contributed by atoms with Crippen molar-refractivity contribution in [2.45, 2.75) is 38.9 Å². The lowest BCUT2D eigenvalue weighted by Gasteiger charge is -2.37. The van der Waals surface area contributed by atoms with E-state index >= 15 is 0 Å². The van der Waals surface area contributed by atoms with Crippen LogP contribution in [-0.4, -0.2) is 52.6 Å². The Morgan fingerprint density at radius 2 is 1.94 bits per heavy atom. The second-order valence-corrected chi connectivity index (χ2v) is 7.19. The first kappa shape index (κ1) is 15.5. The van der Waals surface area contributed by atoms with E-state index in [1.807, 2.05) is 25.5 Å². The van der Waals surface area contributed by atoms with Gasteiger partial charge in [-0.25, -0.2) is 0 Å². The Morgan fingerprint density at radius 3 is 2.39 bits per heavy atom. The minimum absolute atomic E-state index is 0.0916. The minimum atomic E-state index is -0.950. The molecule has 0 saturated carbocycles. The van der Waals surface area contributed by atoms with Gasteiger partial charge >= 0.3 is 7.48 Å². The number of amides is 1. The van der Waals surface area contributed by atoms with Gasteiger partial charge in [0.2, 0.25) is 0 Å². The molecule has 1 amide bonds. The molecule has 0 fully saturated rings. The Balaban J connectivity index is 2.72. The first-order valence-electron chi connectivity index (χ1n) is 5.76. The summed E-state index contributed by atoms with van der Waals surface area (Å²) in [4.78, 5) is 13.2. The summed E-state index contributed by atoms with van der Waals surface area (Å²) in [6, 6.07) is 0. The molecule has 6 heteroatoms. The number of nitrogens with zero attached hydrogens (tertiary/aromatic N) is 1. The molecule has 0 aromatic heterocycles. The van der Waals surface area contributed by atoms with Gasteiger partial charge in [0.25, 0.3) is 5.24 Å². The fourth-order valence-electron chi connectivity index (χ4n) is 1.21. The van der Waals surface area contributed by atoms with Crippen LogP contribution < -0.4 is 0 Å². The van der Waals surface area contributed by atoms with Gasteiger partial charge in [0.05, 0.1) is 11.2 Å². The van der Waals surface area contributed by atoms with Crippen LogP contribution in [-0.2, 0) is 4.65 Å². The second kappa shape index (κ2) is 5.19. The lowest BCUT2D eigenvalue weighted by molar-refractivity contribution is -0.0895. The molecule has 1 aliphatic rings. The molecule has 18 heavy (non-hydrogen) atoms. The molecule has 0 bridgehead atoms. The largest absolute Gasteiger partial charge is 0.427 e. The number of rotatable bonds is 4. The summed E-state index contributed by atoms with van der Waals surface area (Å²) in [6.45, 7) is 7.07. The van der Waals surface area contributed by atoms with E-state index in [4.69, 9.17) is 4.65 Å². The van der Waals surface area contributed by atoms with Crippen LogP contribution in [0, 0.1) is 0 Å². The molecular formula is C12H21BNO3S. The van der Waals surface area contributed by atoms with E-state index in [1.54, 1.807) is 39.5 Å². The monoisotopic (exact) mass is 270 g/mol. The van der Waals surface area contributed by atoms with Crippen molar-refractivity contribution in [3.8, 4) is 0 Å². The van der Waals surface area contributed by atoms with Gasteiger partial charge in [-0.2, -0.15) is 0 Å². The molecule has 1 rings (SSSR count). The number of carbonyl (C=O) groups excluding carboxylic acids is 1. The standard InChI is InChI=1S/C12H21BNO3S/c1-11(2,16)12(3,4)17-13-9-7-14(5)10(15)18(6)8-9/h7-8,16H,1-6H3. The summed E-state index contributed by atoms with van der Waals surface area (Å²) in [7, 11) is 2.91. The SMILES string of the molecule is CN1C=C([B]OC(C)(C)C(C)(C)O)C=S(C)C1=O. The van der Waals surface area contributed by atoms with E-state index in [-0.39, 0.29) is 5.24 Å². The zero-order valence-corrected chi connectivity index (χ0v) is 12.7. The Labute approximate surface area is 112 Å². The van der Waals surface area contributed by atoms with Crippen LogP contribution in [0.3, 0.4) is 0 Å². The maximum absolute atomic E-state index is 11.6. The average Bonchev–Trinajstić information content (AvgIpc) is 2.21. The molecule has 1 unspecified atom stereocenters. The average molecular weight is 270 g/mol. The molecule has 1 radical (unpaired) electrons. The molecule has 0 aromatic carbocycles. The van der Waals surface area contributed by atoms with Crippen LogP contribution in [0.5, 0.6) is 0 Å². The van der Waals surface area contributed by atoms with Crippen LogP contribution in [0.25, 0.3) is 0 Å². The highest BCUT2D eigenvalue weighted by Crippen LogP contribution is 2.26. The van der Waals surface area contributed by atoms with Crippen molar-refractivity contribution in [3.63, 3.8) is 0 Å². The van der Waals surface area contributed by atoms with Crippen molar-refractivity contribution < 1.29 is 14.6 Å². The highest BCUT2D eigenvalue weighted by molar-refractivity contribution is 8.27. The third-order valence-corrected chi connectivity index (χ3v) is 4.65. The van der Waals surface area contributed by atoms with E-state index in [2.05, 4.69) is 0 Å². The van der Waals surface area contributed by atoms with E-state index < -0.39 is 21.7 Å². The maximum atomic E-state index is 11.6. The number of hydrogen-bond acceptors (Lipinski definition) is 3. The van der Waals surface area contributed by atoms with Gasteiger partial charge in [-0.15, -0.1) is 10.5 Å². The molecule has 101 valence electrons. The van der Waals surface area contributed by atoms with E-state index in [1.165, 1.54) is 0 Å². The first-order valence-corrected chi connectivity index (χ1v) is 7.46. The summed E-state index contributed by atoms with van der Waals surface area (Å²) in [5.74, 6) is 0. The van der Waals surface area contributed by atoms with Crippen molar-refractivity contribution in [1.29, 1.82) is 0 Å². The second-order valence-electron chi connectivity index (χ2n) is 5.49. The van der Waals surface area contributed by atoms with Gasteiger partial charge < -0.3 is 14.7 Å². The van der Waals surface area contributed by atoms with Crippen LogP contribution in [0.4, 0.5) is 4.79 Å². The summed E-state index contributed by atoms with van der Waals surface area (Å²) in [5, 5.41) is 12.0. The number of carbonyl (C=O) groups is 1. The Hall–Kier alpha value is -0.585. The van der Waals surface area contributed by atoms with Gasteiger partial charge in [-0.05, 0) is 44.8 Å². The molecule has 1 heterocycles. The molecule has 4 nitrogen and oxygen atoms in total. The first-order chi connectivity index (χ1) is 8.04. The maximum Gasteiger partial charge on any atom is 0.332 e. The highest BCUT2D eigenvalue weighted by Gasteiger charge is 2.36. The third-order valence-electron chi connectivity index (χ3n) is 3.18. The highest BCUT2D eigenvalue weighted by atomic mass is 32.2. The van der Waals surface area contributed by atoms with Gasteiger partial charge in [-0.3, -0.25) is 4.79 Å². The molecule has 1 atom stereocenters. The Morgan fingerprint density at radius 1 is 1.39 bits per heavy atom. The fourth-order valence-corrected chi connectivity index (χ4v) is 2.34. The van der Waals surface area contributed by atoms with E-state index in [0.29, 0.717) is 0 Å². The van der Waals surface area contributed by atoms with Gasteiger partial charge in [0.1, 0.15) is 0 Å². The van der Waals surface area contributed by atoms with E-state index in [0.717, 1.165) is 5.47 Å². The summed E-state index contributed by atoms with van der Waals surface area (Å²) in [6.07, 6.45) is 3.61. The molecule has 0 aromatic rings. The quantitative estimate of drug-likeness (QED) is 0.625. The minimum Gasteiger partial charge on any atom is -0.427 e. The van der Waals surface area contributed by atoms with Crippen LogP contribution in [0.1, 0.15) is 27.7 Å². The summed E-state index contributed by atoms with van der Waals surface area (Å²) >= 11 is 0. The van der Waals surface area contributed by atoms with E-state index in [9.17, 15) is 9.90 Å². The summed E-state index contributed by atoms with van der Waals surface area (Å²) in [5.41, 5.74) is -0.803. The van der Waals surface area contributed by atoms with Gasteiger partial charge in [0.15, 0.2) is 0 Å². The predicted molar refractivity (Wildman–Crippen MR) is 78.0 cm³/mol. The number of hydrogen-bond donors (Lipinski definition) is 1. The molecular weight excluding hydrogens is 249 g/mol. The van der Waals surface area contributed by atoms with Crippen molar-refractivity contribution in [2.24, 2.45) is 0 Å². The molecule has 1 aliphatic heterocycles. The smallest absolute Gasteiger partial charge is 0.332 e. The summed E-state index contributed by atoms with van der Waals surface area (Å²) < 4.78 is 5.66.